The second-order valence-electron chi connectivity index (χ2n) is 4.17. The molecule has 0 heterocycles. The number of aliphatic carboxylic acids is 1. The number of amides is 2. The van der Waals surface area contributed by atoms with Gasteiger partial charge in [-0.25, -0.2) is 4.79 Å². The van der Waals surface area contributed by atoms with Gasteiger partial charge in [-0.2, -0.15) is 0 Å². The molecular formula is C10H19N3O4. The number of primary amides is 1. The molecule has 0 fully saturated rings. The molecule has 0 spiro atoms. The second-order valence-corrected chi connectivity index (χ2v) is 4.17. The van der Waals surface area contributed by atoms with E-state index in [0.29, 0.717) is 0 Å². The van der Waals surface area contributed by atoms with E-state index in [2.05, 4.69) is 5.32 Å². The van der Waals surface area contributed by atoms with E-state index in [-0.39, 0.29) is 18.8 Å². The number of nitrogens with one attached hydrogen (secondary N) is 1. The molecule has 2 amide bonds. The molecule has 7 nitrogen and oxygen atoms in total. The smallest absolute Gasteiger partial charge is 0.326 e. The van der Waals surface area contributed by atoms with Crippen molar-refractivity contribution in [2.24, 2.45) is 17.4 Å². The lowest BCUT2D eigenvalue weighted by molar-refractivity contribution is -0.142. The molecule has 7 heteroatoms. The van der Waals surface area contributed by atoms with Crippen molar-refractivity contribution >= 4 is 17.8 Å². The number of carboxylic acid groups (broad SMARTS) is 1. The Morgan fingerprint density at radius 3 is 2.18 bits per heavy atom. The summed E-state index contributed by atoms with van der Waals surface area (Å²) in [6.45, 7) is 3.51. The molecule has 2 atom stereocenters. The van der Waals surface area contributed by atoms with Gasteiger partial charge in [0, 0.05) is 6.42 Å². The average molecular weight is 245 g/mol. The Kier molecular flexibility index (Phi) is 6.19. The summed E-state index contributed by atoms with van der Waals surface area (Å²) < 4.78 is 0. The van der Waals surface area contributed by atoms with Crippen molar-refractivity contribution in [3.8, 4) is 0 Å². The van der Waals surface area contributed by atoms with E-state index in [4.69, 9.17) is 16.6 Å². The average Bonchev–Trinajstić information content (AvgIpc) is 2.21. The summed E-state index contributed by atoms with van der Waals surface area (Å²) in [6.07, 6.45) is -0.143. The summed E-state index contributed by atoms with van der Waals surface area (Å²) in [5.74, 6) is -2.47. The second kappa shape index (κ2) is 6.85. The van der Waals surface area contributed by atoms with Crippen LogP contribution in [0.1, 0.15) is 26.7 Å². The number of carbonyl (C=O) groups is 3. The number of rotatable bonds is 7. The topological polar surface area (TPSA) is 136 Å². The molecule has 17 heavy (non-hydrogen) atoms. The molecular weight excluding hydrogens is 226 g/mol. The van der Waals surface area contributed by atoms with E-state index in [0.717, 1.165) is 0 Å². The van der Waals surface area contributed by atoms with Gasteiger partial charge in [-0.1, -0.05) is 13.8 Å². The first kappa shape index (κ1) is 15.4. The van der Waals surface area contributed by atoms with Crippen LogP contribution in [0.25, 0.3) is 0 Å². The van der Waals surface area contributed by atoms with Crippen molar-refractivity contribution in [2.75, 3.05) is 0 Å². The summed E-state index contributed by atoms with van der Waals surface area (Å²) in [5, 5.41) is 11.1. The fourth-order valence-electron chi connectivity index (χ4n) is 1.11. The van der Waals surface area contributed by atoms with Gasteiger partial charge in [0.25, 0.3) is 0 Å². The number of nitrogens with two attached hydrogens (primary N) is 2. The predicted octanol–water partition coefficient (Wildman–Crippen LogP) is -1.20. The summed E-state index contributed by atoms with van der Waals surface area (Å²) in [7, 11) is 0. The van der Waals surface area contributed by atoms with Gasteiger partial charge in [0.15, 0.2) is 0 Å². The zero-order valence-electron chi connectivity index (χ0n) is 9.97. The van der Waals surface area contributed by atoms with Crippen LogP contribution in [-0.4, -0.2) is 35.0 Å². The van der Waals surface area contributed by atoms with Gasteiger partial charge in [-0.15, -0.1) is 0 Å². The Morgan fingerprint density at radius 1 is 1.29 bits per heavy atom. The number of hydrogen-bond acceptors (Lipinski definition) is 4. The van der Waals surface area contributed by atoms with E-state index >= 15 is 0 Å². The van der Waals surface area contributed by atoms with E-state index in [1.54, 1.807) is 13.8 Å². The Hall–Kier alpha value is -1.63. The Labute approximate surface area is 99.5 Å². The first-order valence-corrected chi connectivity index (χ1v) is 5.32. The highest BCUT2D eigenvalue weighted by Gasteiger charge is 2.24. The lowest BCUT2D eigenvalue weighted by atomic mass is 10.0. The summed E-state index contributed by atoms with van der Waals surface area (Å²) in [6, 6.07) is -1.91. The lowest BCUT2D eigenvalue weighted by Gasteiger charge is -2.19. The quantitative estimate of drug-likeness (QED) is 0.447. The van der Waals surface area contributed by atoms with Crippen LogP contribution >= 0.6 is 0 Å². The fourth-order valence-corrected chi connectivity index (χ4v) is 1.11. The van der Waals surface area contributed by atoms with Gasteiger partial charge in [0.05, 0.1) is 6.04 Å². The van der Waals surface area contributed by atoms with E-state index in [9.17, 15) is 14.4 Å². The van der Waals surface area contributed by atoms with Crippen molar-refractivity contribution in [2.45, 2.75) is 38.8 Å². The first-order valence-electron chi connectivity index (χ1n) is 5.32. The van der Waals surface area contributed by atoms with E-state index in [1.165, 1.54) is 0 Å². The normalized spacial score (nSPS) is 14.1. The monoisotopic (exact) mass is 245 g/mol. The minimum absolute atomic E-state index is 0.0405. The number of carboxylic acids is 1. The largest absolute Gasteiger partial charge is 0.480 e. The van der Waals surface area contributed by atoms with E-state index < -0.39 is 29.9 Å². The summed E-state index contributed by atoms with van der Waals surface area (Å²) >= 11 is 0. The Morgan fingerprint density at radius 2 is 1.82 bits per heavy atom. The molecule has 0 bridgehead atoms. The van der Waals surface area contributed by atoms with Crippen LogP contribution < -0.4 is 16.8 Å². The van der Waals surface area contributed by atoms with Gasteiger partial charge >= 0.3 is 5.97 Å². The van der Waals surface area contributed by atoms with E-state index in [1.807, 2.05) is 0 Å². The van der Waals surface area contributed by atoms with Crippen molar-refractivity contribution < 1.29 is 19.5 Å². The lowest BCUT2D eigenvalue weighted by Crippen LogP contribution is -2.50. The Bertz CT molecular complexity index is 304. The van der Waals surface area contributed by atoms with Crippen molar-refractivity contribution in [3.05, 3.63) is 0 Å². The number of carbonyl (C=O) groups excluding carboxylic acids is 2. The van der Waals surface area contributed by atoms with Crippen LogP contribution in [0, 0.1) is 5.92 Å². The summed E-state index contributed by atoms with van der Waals surface area (Å²) in [5.41, 5.74) is 10.5. The maximum absolute atomic E-state index is 11.5. The zero-order chi connectivity index (χ0) is 13.6. The minimum Gasteiger partial charge on any atom is -0.480 e. The van der Waals surface area contributed by atoms with Gasteiger partial charge in [-0.05, 0) is 12.3 Å². The standard InChI is InChI=1S/C10H19N3O4/c1-5(2)8(12)9(15)13-6(10(16)17)3-4-7(11)14/h5-6,8H,3-4,12H2,1-2H3,(H2,11,14)(H,13,15)(H,16,17)/t6-,8+/m0/s1. The minimum atomic E-state index is -1.21. The van der Waals surface area contributed by atoms with Gasteiger partial charge in [0.2, 0.25) is 11.8 Å². The van der Waals surface area contributed by atoms with Crippen LogP contribution in [0.4, 0.5) is 0 Å². The van der Waals surface area contributed by atoms with Crippen LogP contribution in [0.2, 0.25) is 0 Å². The third-order valence-corrected chi connectivity index (χ3v) is 2.31. The third-order valence-electron chi connectivity index (χ3n) is 2.31. The SMILES string of the molecule is CC(C)[C@@H](N)C(=O)N[C@@H](CCC(N)=O)C(=O)O. The fraction of sp³-hybridized carbons (Fsp3) is 0.700. The highest BCUT2D eigenvalue weighted by atomic mass is 16.4. The molecule has 0 aromatic heterocycles. The van der Waals surface area contributed by atoms with Crippen LogP contribution in [0.3, 0.4) is 0 Å². The highest BCUT2D eigenvalue weighted by molar-refractivity contribution is 5.87. The molecule has 0 radical (unpaired) electrons. The molecule has 0 aromatic rings. The molecule has 0 aromatic carbocycles. The van der Waals surface area contributed by atoms with Crippen LogP contribution in [0.5, 0.6) is 0 Å². The molecule has 0 saturated carbocycles. The molecule has 0 saturated heterocycles. The van der Waals surface area contributed by atoms with Crippen molar-refractivity contribution in [1.82, 2.24) is 5.32 Å². The molecule has 0 aliphatic heterocycles. The number of hydrogen-bond donors (Lipinski definition) is 4. The highest BCUT2D eigenvalue weighted by Crippen LogP contribution is 2.02. The molecule has 0 aliphatic carbocycles. The van der Waals surface area contributed by atoms with Gasteiger partial charge in [-0.3, -0.25) is 9.59 Å². The zero-order valence-corrected chi connectivity index (χ0v) is 9.97. The summed E-state index contributed by atoms with van der Waals surface area (Å²) in [4.78, 5) is 32.9. The predicted molar refractivity (Wildman–Crippen MR) is 60.8 cm³/mol. The van der Waals surface area contributed by atoms with Crippen LogP contribution in [0.15, 0.2) is 0 Å². The maximum Gasteiger partial charge on any atom is 0.326 e. The molecule has 0 aliphatic rings. The third kappa shape index (κ3) is 5.86. The van der Waals surface area contributed by atoms with Crippen molar-refractivity contribution in [3.63, 3.8) is 0 Å². The molecule has 6 N–H and O–H groups in total. The van der Waals surface area contributed by atoms with Gasteiger partial charge in [0.1, 0.15) is 6.04 Å². The molecule has 0 rings (SSSR count). The molecule has 0 unspecified atom stereocenters. The maximum atomic E-state index is 11.5. The van der Waals surface area contributed by atoms with Crippen molar-refractivity contribution in [1.29, 1.82) is 0 Å². The van der Waals surface area contributed by atoms with Crippen LogP contribution in [-0.2, 0) is 14.4 Å². The molecule has 98 valence electrons. The Balaban J connectivity index is 4.39. The van der Waals surface area contributed by atoms with Gasteiger partial charge < -0.3 is 21.9 Å². The first-order chi connectivity index (χ1) is 7.75.